The molecule has 0 radical (unpaired) electrons. The fraction of sp³-hybridized carbons (Fsp3) is 0.538. The second-order valence-corrected chi connectivity index (χ2v) is 4.74. The SMILES string of the molecule is CCC1CCCN1Cc1ccc(Cl)cc1. The fourth-order valence-electron chi connectivity index (χ4n) is 2.39. The maximum absolute atomic E-state index is 5.87. The summed E-state index contributed by atoms with van der Waals surface area (Å²) in [7, 11) is 0. The van der Waals surface area contributed by atoms with Crippen molar-refractivity contribution in [2.45, 2.75) is 38.8 Å². The first-order valence-electron chi connectivity index (χ1n) is 5.78. The summed E-state index contributed by atoms with van der Waals surface area (Å²) in [4.78, 5) is 2.59. The number of rotatable bonds is 3. The van der Waals surface area contributed by atoms with E-state index >= 15 is 0 Å². The maximum Gasteiger partial charge on any atom is 0.0406 e. The van der Waals surface area contributed by atoms with E-state index in [1.54, 1.807) is 0 Å². The van der Waals surface area contributed by atoms with Gasteiger partial charge in [0.1, 0.15) is 0 Å². The van der Waals surface area contributed by atoms with Crippen molar-refractivity contribution >= 4 is 11.6 Å². The first-order valence-corrected chi connectivity index (χ1v) is 6.16. The molecule has 1 aliphatic rings. The van der Waals surface area contributed by atoms with Crippen LogP contribution in [0.4, 0.5) is 0 Å². The number of hydrogen-bond donors (Lipinski definition) is 0. The Bertz CT molecular complexity index is 307. The summed E-state index contributed by atoms with van der Waals surface area (Å²) in [5, 5.41) is 0.826. The summed E-state index contributed by atoms with van der Waals surface area (Å²) in [5.41, 5.74) is 1.37. The van der Waals surface area contributed by atoms with Gasteiger partial charge in [0.2, 0.25) is 0 Å². The topological polar surface area (TPSA) is 3.24 Å². The van der Waals surface area contributed by atoms with Crippen molar-refractivity contribution in [2.24, 2.45) is 0 Å². The van der Waals surface area contributed by atoms with Crippen LogP contribution < -0.4 is 0 Å². The van der Waals surface area contributed by atoms with Crippen LogP contribution in [0, 0.1) is 0 Å². The lowest BCUT2D eigenvalue weighted by molar-refractivity contribution is 0.240. The lowest BCUT2D eigenvalue weighted by Gasteiger charge is -2.23. The van der Waals surface area contributed by atoms with Crippen molar-refractivity contribution in [2.75, 3.05) is 6.54 Å². The molecule has 15 heavy (non-hydrogen) atoms. The molecular formula is C13H18ClN. The van der Waals surface area contributed by atoms with Gasteiger partial charge >= 0.3 is 0 Å². The molecule has 1 atom stereocenters. The standard InChI is InChI=1S/C13H18ClN/c1-2-13-4-3-9-15(13)10-11-5-7-12(14)8-6-11/h5-8,13H,2-4,9-10H2,1H3. The molecule has 0 N–H and O–H groups in total. The smallest absolute Gasteiger partial charge is 0.0406 e. The quantitative estimate of drug-likeness (QED) is 0.755. The van der Waals surface area contributed by atoms with Crippen LogP contribution in [0.5, 0.6) is 0 Å². The van der Waals surface area contributed by atoms with E-state index in [-0.39, 0.29) is 0 Å². The van der Waals surface area contributed by atoms with Crippen molar-refractivity contribution < 1.29 is 0 Å². The lowest BCUT2D eigenvalue weighted by Crippen LogP contribution is -2.28. The Hall–Kier alpha value is -0.530. The van der Waals surface area contributed by atoms with Crippen LogP contribution in [0.3, 0.4) is 0 Å². The van der Waals surface area contributed by atoms with E-state index in [1.165, 1.54) is 31.4 Å². The molecule has 0 aromatic heterocycles. The third-order valence-corrected chi connectivity index (χ3v) is 3.52. The van der Waals surface area contributed by atoms with Gasteiger partial charge in [-0.1, -0.05) is 30.7 Å². The monoisotopic (exact) mass is 223 g/mol. The molecule has 0 amide bonds. The van der Waals surface area contributed by atoms with Crippen LogP contribution in [0.25, 0.3) is 0 Å². The summed E-state index contributed by atoms with van der Waals surface area (Å²) in [5.74, 6) is 0. The molecule has 82 valence electrons. The minimum atomic E-state index is 0.792. The summed E-state index contributed by atoms with van der Waals surface area (Å²) < 4.78 is 0. The molecule has 1 aliphatic heterocycles. The molecular weight excluding hydrogens is 206 g/mol. The Balaban J connectivity index is 1.99. The Morgan fingerprint density at radius 3 is 2.73 bits per heavy atom. The molecule has 1 fully saturated rings. The van der Waals surface area contributed by atoms with Gasteiger partial charge in [0.05, 0.1) is 0 Å². The van der Waals surface area contributed by atoms with E-state index < -0.39 is 0 Å². The second-order valence-electron chi connectivity index (χ2n) is 4.30. The largest absolute Gasteiger partial charge is 0.296 e. The van der Waals surface area contributed by atoms with Gasteiger partial charge in [0, 0.05) is 17.6 Å². The van der Waals surface area contributed by atoms with Gasteiger partial charge in [-0.3, -0.25) is 4.90 Å². The van der Waals surface area contributed by atoms with E-state index in [4.69, 9.17) is 11.6 Å². The highest BCUT2D eigenvalue weighted by atomic mass is 35.5. The van der Waals surface area contributed by atoms with Gasteiger partial charge in [-0.05, 0) is 43.5 Å². The molecule has 1 heterocycles. The summed E-state index contributed by atoms with van der Waals surface area (Å²) >= 11 is 5.87. The molecule has 1 aromatic carbocycles. The highest BCUT2D eigenvalue weighted by Gasteiger charge is 2.22. The van der Waals surface area contributed by atoms with Gasteiger partial charge in [0.25, 0.3) is 0 Å². The van der Waals surface area contributed by atoms with Crippen LogP contribution in [-0.4, -0.2) is 17.5 Å². The van der Waals surface area contributed by atoms with Crippen LogP contribution in [0.15, 0.2) is 24.3 Å². The van der Waals surface area contributed by atoms with Gasteiger partial charge in [-0.25, -0.2) is 0 Å². The van der Waals surface area contributed by atoms with Crippen molar-refractivity contribution in [3.63, 3.8) is 0 Å². The first kappa shape index (κ1) is 11.0. The summed E-state index contributed by atoms with van der Waals surface area (Å²) in [6, 6.07) is 9.02. The lowest BCUT2D eigenvalue weighted by atomic mass is 10.1. The zero-order valence-corrected chi connectivity index (χ0v) is 10.0. The third kappa shape index (κ3) is 2.73. The predicted molar refractivity (Wildman–Crippen MR) is 65.2 cm³/mol. The number of nitrogens with zero attached hydrogens (tertiary/aromatic N) is 1. The van der Waals surface area contributed by atoms with Crippen LogP contribution in [0.2, 0.25) is 5.02 Å². The highest BCUT2D eigenvalue weighted by Crippen LogP contribution is 2.22. The van der Waals surface area contributed by atoms with Crippen molar-refractivity contribution in [3.8, 4) is 0 Å². The number of halogens is 1. The highest BCUT2D eigenvalue weighted by molar-refractivity contribution is 6.30. The van der Waals surface area contributed by atoms with E-state index in [1.807, 2.05) is 12.1 Å². The molecule has 2 rings (SSSR count). The zero-order chi connectivity index (χ0) is 10.7. The first-order chi connectivity index (χ1) is 7.29. The van der Waals surface area contributed by atoms with Crippen molar-refractivity contribution in [1.29, 1.82) is 0 Å². The Labute approximate surface area is 97.0 Å². The Kier molecular flexibility index (Phi) is 3.66. The molecule has 0 spiro atoms. The van der Waals surface area contributed by atoms with Gasteiger partial charge in [0.15, 0.2) is 0 Å². The van der Waals surface area contributed by atoms with E-state index in [2.05, 4.69) is 24.0 Å². The number of benzene rings is 1. The number of likely N-dealkylation sites (tertiary alicyclic amines) is 1. The average Bonchev–Trinajstić information content (AvgIpc) is 2.69. The minimum absolute atomic E-state index is 0.792. The third-order valence-electron chi connectivity index (χ3n) is 3.27. The van der Waals surface area contributed by atoms with Gasteiger partial charge in [-0.2, -0.15) is 0 Å². The summed E-state index contributed by atoms with van der Waals surface area (Å²) in [6.45, 7) is 4.61. The van der Waals surface area contributed by atoms with Crippen molar-refractivity contribution in [3.05, 3.63) is 34.9 Å². The molecule has 0 saturated carbocycles. The Morgan fingerprint density at radius 1 is 1.33 bits per heavy atom. The average molecular weight is 224 g/mol. The zero-order valence-electron chi connectivity index (χ0n) is 9.25. The Morgan fingerprint density at radius 2 is 2.07 bits per heavy atom. The van der Waals surface area contributed by atoms with Crippen molar-refractivity contribution in [1.82, 2.24) is 4.90 Å². The predicted octanol–water partition coefficient (Wildman–Crippen LogP) is 3.71. The molecule has 1 unspecified atom stereocenters. The van der Waals surface area contributed by atoms with Crippen LogP contribution in [-0.2, 0) is 6.54 Å². The fourth-order valence-corrected chi connectivity index (χ4v) is 2.52. The second kappa shape index (κ2) is 5.00. The van der Waals surface area contributed by atoms with Gasteiger partial charge < -0.3 is 0 Å². The molecule has 1 nitrogen and oxygen atoms in total. The normalized spacial score (nSPS) is 22.1. The molecule has 2 heteroatoms. The molecule has 0 bridgehead atoms. The van der Waals surface area contributed by atoms with Crippen LogP contribution in [0.1, 0.15) is 31.7 Å². The van der Waals surface area contributed by atoms with E-state index in [0.717, 1.165) is 17.6 Å². The molecule has 0 aliphatic carbocycles. The summed E-state index contributed by atoms with van der Waals surface area (Å²) in [6.07, 6.45) is 3.99. The van der Waals surface area contributed by atoms with E-state index in [9.17, 15) is 0 Å². The van der Waals surface area contributed by atoms with Gasteiger partial charge in [-0.15, -0.1) is 0 Å². The van der Waals surface area contributed by atoms with Crippen LogP contribution >= 0.6 is 11.6 Å². The van der Waals surface area contributed by atoms with E-state index in [0.29, 0.717) is 0 Å². The molecule has 1 aromatic rings. The minimum Gasteiger partial charge on any atom is -0.296 e. The maximum atomic E-state index is 5.87. The number of hydrogen-bond acceptors (Lipinski definition) is 1. The molecule has 1 saturated heterocycles.